The maximum atomic E-state index is 4.11. The third-order valence-electron chi connectivity index (χ3n) is 3.17. The smallest absolute Gasteiger partial charge is 0.0946 e. The minimum Gasteiger partial charge on any atom is -0.336 e. The fourth-order valence-corrected chi connectivity index (χ4v) is 1.93. The largest absolute Gasteiger partial charge is 0.336 e. The summed E-state index contributed by atoms with van der Waals surface area (Å²) in [5.41, 5.74) is 0.412. The molecule has 0 bridgehead atoms. The maximum absolute atomic E-state index is 4.11. The van der Waals surface area contributed by atoms with E-state index in [2.05, 4.69) is 61.7 Å². The van der Waals surface area contributed by atoms with E-state index in [9.17, 15) is 0 Å². The van der Waals surface area contributed by atoms with Crippen molar-refractivity contribution < 1.29 is 0 Å². The van der Waals surface area contributed by atoms with E-state index in [1.165, 1.54) is 0 Å². The molecular weight excluding hydrogens is 236 g/mol. The molecule has 2 N–H and O–H groups in total. The Kier molecular flexibility index (Phi) is 5.56. The van der Waals surface area contributed by atoms with Crippen molar-refractivity contribution in [2.75, 3.05) is 13.1 Å². The summed E-state index contributed by atoms with van der Waals surface area (Å²) < 4.78 is 2.14. The fourth-order valence-electron chi connectivity index (χ4n) is 1.93. The van der Waals surface area contributed by atoms with E-state index < -0.39 is 0 Å². The number of imidazole rings is 1. The van der Waals surface area contributed by atoms with Gasteiger partial charge in [0.15, 0.2) is 0 Å². The van der Waals surface area contributed by atoms with E-state index in [1.807, 2.05) is 18.7 Å². The van der Waals surface area contributed by atoms with Crippen LogP contribution in [0.1, 0.15) is 41.5 Å². The van der Waals surface area contributed by atoms with Gasteiger partial charge in [-0.1, -0.05) is 20.8 Å². The molecular formula is C15H30N4. The Balaban J connectivity index is 2.43. The lowest BCUT2D eigenvalue weighted by Crippen LogP contribution is -2.47. The molecule has 110 valence electrons. The van der Waals surface area contributed by atoms with E-state index in [0.717, 1.165) is 19.6 Å². The summed E-state index contributed by atoms with van der Waals surface area (Å²) in [7, 11) is 0. The summed E-state index contributed by atoms with van der Waals surface area (Å²) in [5, 5.41) is 7.17. The van der Waals surface area contributed by atoms with Crippen LogP contribution in [0.15, 0.2) is 18.7 Å². The number of aromatic nitrogens is 2. The molecule has 0 radical (unpaired) electrons. The molecule has 1 heterocycles. The zero-order valence-electron chi connectivity index (χ0n) is 13.3. The quantitative estimate of drug-likeness (QED) is 0.776. The van der Waals surface area contributed by atoms with Crippen LogP contribution in [-0.4, -0.2) is 34.2 Å². The number of hydrogen-bond donors (Lipinski definition) is 2. The van der Waals surface area contributed by atoms with Crippen molar-refractivity contribution in [2.24, 2.45) is 5.41 Å². The SMILES string of the molecule is CC(C)(C)NCCNC(Cn1ccnc1)C(C)(C)C. The predicted octanol–water partition coefficient (Wildman–Crippen LogP) is 2.28. The normalized spacial score (nSPS) is 14.6. The van der Waals surface area contributed by atoms with Gasteiger partial charge in [0.05, 0.1) is 6.33 Å². The molecule has 1 unspecified atom stereocenters. The summed E-state index contributed by atoms with van der Waals surface area (Å²) in [6.45, 7) is 16.3. The van der Waals surface area contributed by atoms with Crippen LogP contribution in [-0.2, 0) is 6.54 Å². The first-order valence-corrected chi connectivity index (χ1v) is 7.13. The Morgan fingerprint density at radius 3 is 2.26 bits per heavy atom. The Hall–Kier alpha value is -0.870. The van der Waals surface area contributed by atoms with Gasteiger partial charge in [-0.15, -0.1) is 0 Å². The molecule has 0 saturated heterocycles. The number of rotatable bonds is 6. The van der Waals surface area contributed by atoms with Crippen molar-refractivity contribution in [3.63, 3.8) is 0 Å². The molecule has 0 aliphatic rings. The van der Waals surface area contributed by atoms with Crippen LogP contribution < -0.4 is 10.6 Å². The lowest BCUT2D eigenvalue weighted by molar-refractivity contribution is 0.240. The van der Waals surface area contributed by atoms with E-state index in [4.69, 9.17) is 0 Å². The number of nitrogens with zero attached hydrogens (tertiary/aromatic N) is 2. The number of nitrogens with one attached hydrogen (secondary N) is 2. The lowest BCUT2D eigenvalue weighted by Gasteiger charge is -2.32. The van der Waals surface area contributed by atoms with E-state index in [0.29, 0.717) is 6.04 Å². The van der Waals surface area contributed by atoms with Crippen LogP contribution >= 0.6 is 0 Å². The highest BCUT2D eigenvalue weighted by molar-refractivity contribution is 4.85. The van der Waals surface area contributed by atoms with Crippen LogP contribution in [0.5, 0.6) is 0 Å². The van der Waals surface area contributed by atoms with Crippen LogP contribution in [0.25, 0.3) is 0 Å². The minimum absolute atomic E-state index is 0.184. The fraction of sp³-hybridized carbons (Fsp3) is 0.800. The Labute approximate surface area is 118 Å². The highest BCUT2D eigenvalue weighted by Crippen LogP contribution is 2.20. The molecule has 0 spiro atoms. The second-order valence-corrected chi connectivity index (χ2v) is 7.31. The van der Waals surface area contributed by atoms with Gasteiger partial charge in [0.1, 0.15) is 0 Å². The van der Waals surface area contributed by atoms with Crippen LogP contribution in [0.3, 0.4) is 0 Å². The molecule has 19 heavy (non-hydrogen) atoms. The first-order chi connectivity index (χ1) is 8.68. The molecule has 4 heteroatoms. The highest BCUT2D eigenvalue weighted by atomic mass is 15.1. The standard InChI is InChI=1S/C15H30N4/c1-14(2,3)13(11-19-10-9-16-12-19)17-7-8-18-15(4,5)6/h9-10,12-13,17-18H,7-8,11H2,1-6H3. The third-order valence-corrected chi connectivity index (χ3v) is 3.17. The molecule has 0 amide bonds. The predicted molar refractivity (Wildman–Crippen MR) is 81.2 cm³/mol. The van der Waals surface area contributed by atoms with Gasteiger partial charge in [-0.05, 0) is 26.2 Å². The van der Waals surface area contributed by atoms with Crippen LogP contribution in [0.2, 0.25) is 0 Å². The summed E-state index contributed by atoms with van der Waals surface area (Å²) >= 11 is 0. The number of hydrogen-bond acceptors (Lipinski definition) is 3. The second-order valence-electron chi connectivity index (χ2n) is 7.31. The van der Waals surface area contributed by atoms with Gasteiger partial charge >= 0.3 is 0 Å². The van der Waals surface area contributed by atoms with Gasteiger partial charge in [0.2, 0.25) is 0 Å². The molecule has 1 atom stereocenters. The van der Waals surface area contributed by atoms with Crippen molar-refractivity contribution in [1.82, 2.24) is 20.2 Å². The van der Waals surface area contributed by atoms with Crippen molar-refractivity contribution >= 4 is 0 Å². The van der Waals surface area contributed by atoms with Gasteiger partial charge < -0.3 is 15.2 Å². The van der Waals surface area contributed by atoms with E-state index >= 15 is 0 Å². The average molecular weight is 266 g/mol. The van der Waals surface area contributed by atoms with E-state index in [1.54, 1.807) is 0 Å². The minimum atomic E-state index is 0.184. The molecule has 1 aromatic rings. The molecule has 0 aliphatic heterocycles. The molecule has 0 aliphatic carbocycles. The van der Waals surface area contributed by atoms with Gasteiger partial charge in [-0.25, -0.2) is 4.98 Å². The Morgan fingerprint density at radius 2 is 1.79 bits per heavy atom. The first-order valence-electron chi connectivity index (χ1n) is 7.13. The zero-order valence-corrected chi connectivity index (χ0v) is 13.3. The summed E-state index contributed by atoms with van der Waals surface area (Å²) in [4.78, 5) is 4.11. The van der Waals surface area contributed by atoms with E-state index in [-0.39, 0.29) is 11.0 Å². The average Bonchev–Trinajstić information content (AvgIpc) is 2.72. The van der Waals surface area contributed by atoms with Crippen molar-refractivity contribution in [1.29, 1.82) is 0 Å². The highest BCUT2D eigenvalue weighted by Gasteiger charge is 2.24. The van der Waals surface area contributed by atoms with Gasteiger partial charge in [0.25, 0.3) is 0 Å². The van der Waals surface area contributed by atoms with Crippen LogP contribution in [0, 0.1) is 5.41 Å². The molecule has 4 nitrogen and oxygen atoms in total. The maximum Gasteiger partial charge on any atom is 0.0946 e. The monoisotopic (exact) mass is 266 g/mol. The zero-order chi connectivity index (χ0) is 14.5. The molecule has 1 aromatic heterocycles. The third kappa shape index (κ3) is 6.73. The van der Waals surface area contributed by atoms with Gasteiger partial charge in [-0.2, -0.15) is 0 Å². The second kappa shape index (κ2) is 6.53. The molecule has 0 fully saturated rings. The summed E-state index contributed by atoms with van der Waals surface area (Å²) in [6, 6.07) is 0.434. The lowest BCUT2D eigenvalue weighted by atomic mass is 9.86. The van der Waals surface area contributed by atoms with Crippen molar-refractivity contribution in [3.8, 4) is 0 Å². The Bertz CT molecular complexity index is 343. The van der Waals surface area contributed by atoms with Crippen molar-refractivity contribution in [3.05, 3.63) is 18.7 Å². The van der Waals surface area contributed by atoms with Crippen molar-refractivity contribution in [2.45, 2.75) is 59.7 Å². The first kappa shape index (κ1) is 16.2. The Morgan fingerprint density at radius 1 is 1.11 bits per heavy atom. The van der Waals surface area contributed by atoms with Crippen LogP contribution in [0.4, 0.5) is 0 Å². The molecule has 0 saturated carbocycles. The van der Waals surface area contributed by atoms with Gasteiger partial charge in [-0.3, -0.25) is 0 Å². The molecule has 1 rings (SSSR count). The summed E-state index contributed by atoms with van der Waals surface area (Å²) in [6.07, 6.45) is 5.74. The topological polar surface area (TPSA) is 41.9 Å². The molecule has 0 aromatic carbocycles. The summed E-state index contributed by atoms with van der Waals surface area (Å²) in [5.74, 6) is 0. The van der Waals surface area contributed by atoms with Gasteiger partial charge in [0, 0.05) is 43.6 Å².